The highest BCUT2D eigenvalue weighted by Crippen LogP contribution is 2.23. The van der Waals surface area contributed by atoms with Gasteiger partial charge in [-0.2, -0.15) is 0 Å². The van der Waals surface area contributed by atoms with Gasteiger partial charge in [-0.05, 0) is 38.0 Å². The molecule has 0 bridgehead atoms. The van der Waals surface area contributed by atoms with E-state index in [2.05, 4.69) is 42.4 Å². The minimum absolute atomic E-state index is 0. The van der Waals surface area contributed by atoms with Crippen molar-refractivity contribution >= 4 is 47.2 Å². The number of aliphatic hydroxyl groups excluding tert-OH is 1. The van der Waals surface area contributed by atoms with Crippen LogP contribution in [0.15, 0.2) is 29.3 Å². The Balaban J connectivity index is 0.00000338. The molecule has 0 spiro atoms. The zero-order valence-electron chi connectivity index (χ0n) is 16.0. The number of benzene rings is 1. The van der Waals surface area contributed by atoms with E-state index in [9.17, 15) is 5.11 Å². The Morgan fingerprint density at radius 1 is 1.42 bits per heavy atom. The van der Waals surface area contributed by atoms with Gasteiger partial charge < -0.3 is 20.6 Å². The maximum Gasteiger partial charge on any atom is 0.191 e. The lowest BCUT2D eigenvalue weighted by atomic mass is 9.89. The molecule has 26 heavy (non-hydrogen) atoms. The van der Waals surface area contributed by atoms with E-state index in [0.717, 1.165) is 49.1 Å². The van der Waals surface area contributed by atoms with Gasteiger partial charge in [0.25, 0.3) is 0 Å². The SMILES string of the molecule is CCNC(=NCC(C)(CC)CO)NC1CCN(c2cccc(Cl)c2)C1.I. The topological polar surface area (TPSA) is 59.9 Å². The van der Waals surface area contributed by atoms with E-state index in [1.807, 2.05) is 18.2 Å². The lowest BCUT2D eigenvalue weighted by molar-refractivity contribution is 0.145. The van der Waals surface area contributed by atoms with Gasteiger partial charge in [-0.25, -0.2) is 0 Å². The van der Waals surface area contributed by atoms with Crippen molar-refractivity contribution in [2.75, 3.05) is 37.7 Å². The predicted molar refractivity (Wildman–Crippen MR) is 122 cm³/mol. The van der Waals surface area contributed by atoms with Crippen molar-refractivity contribution in [2.24, 2.45) is 10.4 Å². The van der Waals surface area contributed by atoms with E-state index in [0.29, 0.717) is 12.6 Å². The molecule has 1 aromatic carbocycles. The minimum Gasteiger partial charge on any atom is -0.396 e. The third-order valence-corrected chi connectivity index (χ3v) is 5.14. The summed E-state index contributed by atoms with van der Waals surface area (Å²) in [7, 11) is 0. The summed E-state index contributed by atoms with van der Waals surface area (Å²) in [5.41, 5.74) is 1.00. The van der Waals surface area contributed by atoms with Crippen LogP contribution in [0.3, 0.4) is 0 Å². The van der Waals surface area contributed by atoms with Gasteiger partial charge in [-0.1, -0.05) is 31.5 Å². The Kier molecular flexibility index (Phi) is 10.0. The number of halogens is 2. The van der Waals surface area contributed by atoms with Crippen LogP contribution in [0.4, 0.5) is 5.69 Å². The van der Waals surface area contributed by atoms with Gasteiger partial charge in [0.05, 0.1) is 13.2 Å². The van der Waals surface area contributed by atoms with Crippen LogP contribution in [-0.4, -0.2) is 49.9 Å². The number of rotatable bonds is 7. The second kappa shape index (κ2) is 11.2. The minimum atomic E-state index is -0.162. The molecule has 1 heterocycles. The number of guanidine groups is 1. The first-order valence-corrected chi connectivity index (χ1v) is 9.53. The molecule has 0 amide bonds. The van der Waals surface area contributed by atoms with Gasteiger partial charge in [-0.3, -0.25) is 4.99 Å². The highest BCUT2D eigenvalue weighted by atomic mass is 127. The summed E-state index contributed by atoms with van der Waals surface area (Å²) in [5.74, 6) is 0.827. The Morgan fingerprint density at radius 3 is 2.81 bits per heavy atom. The van der Waals surface area contributed by atoms with Gasteiger partial charge in [0.1, 0.15) is 0 Å². The quantitative estimate of drug-likeness (QED) is 0.308. The van der Waals surface area contributed by atoms with E-state index >= 15 is 0 Å². The van der Waals surface area contributed by atoms with E-state index in [4.69, 9.17) is 16.6 Å². The summed E-state index contributed by atoms with van der Waals surface area (Å²) in [5, 5.41) is 17.2. The molecular formula is C19H32ClIN4O. The highest BCUT2D eigenvalue weighted by molar-refractivity contribution is 14.0. The van der Waals surface area contributed by atoms with Gasteiger partial charge in [-0.15, -0.1) is 24.0 Å². The Hall–Kier alpha value is -0.730. The van der Waals surface area contributed by atoms with Crippen LogP contribution in [0.25, 0.3) is 0 Å². The third kappa shape index (κ3) is 6.78. The van der Waals surface area contributed by atoms with Gasteiger partial charge >= 0.3 is 0 Å². The summed E-state index contributed by atoms with van der Waals surface area (Å²) in [4.78, 5) is 7.04. The first-order chi connectivity index (χ1) is 12.0. The van der Waals surface area contributed by atoms with Crippen molar-refractivity contribution in [2.45, 2.75) is 39.7 Å². The Bertz CT molecular complexity index is 580. The maximum atomic E-state index is 9.57. The molecule has 2 atom stereocenters. The van der Waals surface area contributed by atoms with Crippen LogP contribution in [0.5, 0.6) is 0 Å². The molecule has 1 saturated heterocycles. The molecule has 1 aliphatic heterocycles. The lowest BCUT2D eigenvalue weighted by Gasteiger charge is -2.25. The molecular weight excluding hydrogens is 463 g/mol. The molecule has 3 N–H and O–H groups in total. The monoisotopic (exact) mass is 494 g/mol. The molecule has 148 valence electrons. The average Bonchev–Trinajstić information content (AvgIpc) is 3.08. The third-order valence-electron chi connectivity index (χ3n) is 4.90. The highest BCUT2D eigenvalue weighted by Gasteiger charge is 2.25. The van der Waals surface area contributed by atoms with Crippen molar-refractivity contribution in [3.63, 3.8) is 0 Å². The summed E-state index contributed by atoms with van der Waals surface area (Å²) < 4.78 is 0. The summed E-state index contributed by atoms with van der Waals surface area (Å²) in [6.07, 6.45) is 1.96. The Labute approximate surface area is 179 Å². The summed E-state index contributed by atoms with van der Waals surface area (Å²) >= 11 is 6.10. The molecule has 1 aliphatic rings. The zero-order chi connectivity index (χ0) is 18.3. The summed E-state index contributed by atoms with van der Waals surface area (Å²) in [6, 6.07) is 8.35. The van der Waals surface area contributed by atoms with E-state index in [1.54, 1.807) is 0 Å². The van der Waals surface area contributed by atoms with Crippen LogP contribution < -0.4 is 15.5 Å². The van der Waals surface area contributed by atoms with Crippen molar-refractivity contribution in [1.82, 2.24) is 10.6 Å². The maximum absolute atomic E-state index is 9.57. The van der Waals surface area contributed by atoms with Crippen molar-refractivity contribution in [3.8, 4) is 0 Å². The van der Waals surface area contributed by atoms with Gasteiger partial charge in [0, 0.05) is 41.8 Å². The molecule has 0 radical (unpaired) electrons. The molecule has 7 heteroatoms. The smallest absolute Gasteiger partial charge is 0.191 e. The first kappa shape index (κ1) is 23.3. The molecule has 0 aromatic heterocycles. The number of hydrogen-bond donors (Lipinski definition) is 3. The number of aliphatic imine (C=N–C) groups is 1. The molecule has 1 aromatic rings. The first-order valence-electron chi connectivity index (χ1n) is 9.16. The second-order valence-corrected chi connectivity index (χ2v) is 7.51. The predicted octanol–water partition coefficient (Wildman–Crippen LogP) is 3.50. The van der Waals surface area contributed by atoms with Crippen molar-refractivity contribution in [3.05, 3.63) is 29.3 Å². The van der Waals surface area contributed by atoms with E-state index < -0.39 is 0 Å². The number of nitrogens with one attached hydrogen (secondary N) is 2. The van der Waals surface area contributed by atoms with Crippen LogP contribution in [0.2, 0.25) is 5.02 Å². The zero-order valence-corrected chi connectivity index (χ0v) is 19.1. The standard InChI is InChI=1S/C19H31ClN4O.HI/c1-4-19(3,14-25)13-22-18(21-5-2)23-16-9-10-24(12-16)17-8-6-7-15(20)11-17;/h6-8,11,16,25H,4-5,9-10,12-14H2,1-3H3,(H2,21,22,23);1H. The van der Waals surface area contributed by atoms with Crippen LogP contribution >= 0.6 is 35.6 Å². The average molecular weight is 495 g/mol. The number of hydrogen-bond acceptors (Lipinski definition) is 3. The van der Waals surface area contributed by atoms with E-state index in [-0.39, 0.29) is 36.0 Å². The number of nitrogens with zero attached hydrogens (tertiary/aromatic N) is 2. The fraction of sp³-hybridized carbons (Fsp3) is 0.632. The molecule has 5 nitrogen and oxygen atoms in total. The molecule has 0 aliphatic carbocycles. The fourth-order valence-electron chi connectivity index (χ4n) is 2.84. The molecule has 2 unspecified atom stereocenters. The van der Waals surface area contributed by atoms with Gasteiger partial charge in [0.2, 0.25) is 0 Å². The van der Waals surface area contributed by atoms with Crippen molar-refractivity contribution < 1.29 is 5.11 Å². The number of aliphatic hydroxyl groups is 1. The lowest BCUT2D eigenvalue weighted by Crippen LogP contribution is -2.45. The van der Waals surface area contributed by atoms with Crippen LogP contribution in [0.1, 0.15) is 33.6 Å². The summed E-state index contributed by atoms with van der Waals surface area (Å²) in [6.45, 7) is 9.73. The van der Waals surface area contributed by atoms with E-state index in [1.165, 1.54) is 0 Å². The molecule has 0 saturated carbocycles. The van der Waals surface area contributed by atoms with Crippen LogP contribution in [0, 0.1) is 5.41 Å². The molecule has 2 rings (SSSR count). The fourth-order valence-corrected chi connectivity index (χ4v) is 3.03. The number of anilines is 1. The van der Waals surface area contributed by atoms with Crippen LogP contribution in [-0.2, 0) is 0 Å². The molecule has 1 fully saturated rings. The largest absolute Gasteiger partial charge is 0.396 e. The normalized spacial score (nSPS) is 19.7. The van der Waals surface area contributed by atoms with Gasteiger partial charge in [0.15, 0.2) is 5.96 Å². The van der Waals surface area contributed by atoms with Crippen molar-refractivity contribution in [1.29, 1.82) is 0 Å². The second-order valence-electron chi connectivity index (χ2n) is 7.07. The Morgan fingerprint density at radius 2 is 2.19 bits per heavy atom.